The number of nitro benzene ring substituents is 1. The van der Waals surface area contributed by atoms with Gasteiger partial charge in [-0.1, -0.05) is 35.6 Å². The quantitative estimate of drug-likeness (QED) is 0.387. The first kappa shape index (κ1) is 17.1. The first-order chi connectivity index (χ1) is 13.1. The van der Waals surface area contributed by atoms with E-state index in [9.17, 15) is 10.1 Å². The van der Waals surface area contributed by atoms with Gasteiger partial charge in [-0.3, -0.25) is 10.1 Å². The average molecular weight is 381 g/mol. The highest BCUT2D eigenvalue weighted by molar-refractivity contribution is 7.19. The van der Waals surface area contributed by atoms with E-state index in [-0.39, 0.29) is 10.6 Å². The maximum atomic E-state index is 11.2. The second-order valence-corrected chi connectivity index (χ2v) is 6.91. The maximum absolute atomic E-state index is 11.2. The van der Waals surface area contributed by atoms with Gasteiger partial charge in [-0.15, -0.1) is 10.2 Å². The van der Waals surface area contributed by atoms with Gasteiger partial charge in [-0.25, -0.2) is 0 Å². The average Bonchev–Trinajstić information content (AvgIpc) is 3.24. The molecule has 8 nitrogen and oxygen atoms in total. The Hall–Kier alpha value is -3.33. The van der Waals surface area contributed by atoms with Gasteiger partial charge in [-0.2, -0.15) is 9.61 Å². The van der Waals surface area contributed by atoms with Crippen molar-refractivity contribution in [1.82, 2.24) is 19.8 Å². The van der Waals surface area contributed by atoms with Gasteiger partial charge in [0.2, 0.25) is 4.96 Å². The van der Waals surface area contributed by atoms with Gasteiger partial charge in [0.05, 0.1) is 12.0 Å². The molecule has 2 aromatic heterocycles. The molecule has 0 radical (unpaired) electrons. The number of aromatic nitrogens is 4. The van der Waals surface area contributed by atoms with Crippen molar-refractivity contribution in [2.75, 3.05) is 7.11 Å². The molecule has 0 amide bonds. The van der Waals surface area contributed by atoms with Crippen LogP contribution in [0.25, 0.3) is 15.5 Å². The normalized spacial score (nSPS) is 11.0. The van der Waals surface area contributed by atoms with Gasteiger partial charge >= 0.3 is 0 Å². The van der Waals surface area contributed by atoms with Crippen LogP contribution in [0, 0.1) is 17.0 Å². The molecular weight excluding hydrogens is 366 g/mol. The van der Waals surface area contributed by atoms with Crippen LogP contribution in [0.2, 0.25) is 0 Å². The molecule has 9 heteroatoms. The molecule has 2 heterocycles. The third-order valence-electron chi connectivity index (χ3n) is 4.31. The smallest absolute Gasteiger partial charge is 0.273 e. The monoisotopic (exact) mass is 381 g/mol. The first-order valence-electron chi connectivity index (χ1n) is 8.15. The molecule has 0 bridgehead atoms. The number of benzene rings is 2. The SMILES string of the molecule is COc1ccc(Cc2nnc3sc(-c4cccc([N+](=O)[O-])c4C)nn23)cc1. The zero-order valence-corrected chi connectivity index (χ0v) is 15.4. The van der Waals surface area contributed by atoms with Gasteiger partial charge < -0.3 is 4.74 Å². The second kappa shape index (κ2) is 6.76. The van der Waals surface area contributed by atoms with Crippen LogP contribution in [0.1, 0.15) is 17.0 Å². The lowest BCUT2D eigenvalue weighted by Crippen LogP contribution is -1.98. The number of rotatable bonds is 5. The fourth-order valence-corrected chi connectivity index (χ4v) is 3.80. The summed E-state index contributed by atoms with van der Waals surface area (Å²) in [5, 5.41) is 24.9. The number of hydrogen-bond donors (Lipinski definition) is 0. The van der Waals surface area contributed by atoms with Crippen molar-refractivity contribution in [3.8, 4) is 16.3 Å². The van der Waals surface area contributed by atoms with Crippen LogP contribution < -0.4 is 4.74 Å². The molecular formula is C18H15N5O3S. The summed E-state index contributed by atoms with van der Waals surface area (Å²) in [5.41, 5.74) is 2.46. The number of nitrogens with zero attached hydrogens (tertiary/aromatic N) is 5. The fourth-order valence-electron chi connectivity index (χ4n) is 2.86. The molecule has 27 heavy (non-hydrogen) atoms. The summed E-state index contributed by atoms with van der Waals surface area (Å²) in [4.78, 5) is 11.5. The third kappa shape index (κ3) is 3.13. The lowest BCUT2D eigenvalue weighted by atomic mass is 10.1. The van der Waals surface area contributed by atoms with Crippen LogP contribution in [0.4, 0.5) is 5.69 Å². The Kier molecular flexibility index (Phi) is 4.28. The molecule has 0 atom stereocenters. The van der Waals surface area contributed by atoms with Crippen molar-refractivity contribution in [2.45, 2.75) is 13.3 Å². The molecule has 4 aromatic rings. The summed E-state index contributed by atoms with van der Waals surface area (Å²) in [5.74, 6) is 1.50. The van der Waals surface area contributed by atoms with Gasteiger partial charge in [0.25, 0.3) is 5.69 Å². The topological polar surface area (TPSA) is 95.5 Å². The predicted molar refractivity (Wildman–Crippen MR) is 101 cm³/mol. The van der Waals surface area contributed by atoms with Gasteiger partial charge in [-0.05, 0) is 24.6 Å². The second-order valence-electron chi connectivity index (χ2n) is 5.95. The minimum absolute atomic E-state index is 0.0805. The van der Waals surface area contributed by atoms with E-state index in [0.717, 1.165) is 16.9 Å². The summed E-state index contributed by atoms with van der Waals surface area (Å²) < 4.78 is 6.87. The summed E-state index contributed by atoms with van der Waals surface area (Å²) in [6.07, 6.45) is 0.572. The minimum atomic E-state index is -0.381. The predicted octanol–water partition coefficient (Wildman–Crippen LogP) is 3.67. The van der Waals surface area contributed by atoms with Crippen LogP contribution in [-0.4, -0.2) is 31.8 Å². The highest BCUT2D eigenvalue weighted by Gasteiger charge is 2.19. The summed E-state index contributed by atoms with van der Waals surface area (Å²) >= 11 is 1.36. The molecule has 4 rings (SSSR count). The van der Waals surface area contributed by atoms with E-state index in [2.05, 4.69) is 15.3 Å². The Morgan fingerprint density at radius 3 is 2.67 bits per heavy atom. The van der Waals surface area contributed by atoms with E-state index in [1.165, 1.54) is 17.4 Å². The molecule has 0 N–H and O–H groups in total. The van der Waals surface area contributed by atoms with Crippen LogP contribution in [0.3, 0.4) is 0 Å². The zero-order chi connectivity index (χ0) is 19.0. The Balaban J connectivity index is 1.70. The van der Waals surface area contributed by atoms with Crippen molar-refractivity contribution in [1.29, 1.82) is 0 Å². The number of ether oxygens (including phenoxy) is 1. The molecule has 0 aliphatic rings. The Morgan fingerprint density at radius 1 is 1.19 bits per heavy atom. The van der Waals surface area contributed by atoms with Gasteiger partial charge in [0.1, 0.15) is 10.8 Å². The van der Waals surface area contributed by atoms with Crippen molar-refractivity contribution in [3.63, 3.8) is 0 Å². The van der Waals surface area contributed by atoms with Crippen molar-refractivity contribution in [2.24, 2.45) is 0 Å². The Morgan fingerprint density at radius 2 is 1.96 bits per heavy atom. The van der Waals surface area contributed by atoms with Gasteiger partial charge in [0.15, 0.2) is 5.82 Å². The number of nitro groups is 1. The van der Waals surface area contributed by atoms with Crippen molar-refractivity contribution < 1.29 is 9.66 Å². The van der Waals surface area contributed by atoms with Crippen LogP contribution >= 0.6 is 11.3 Å². The van der Waals surface area contributed by atoms with Crippen LogP contribution in [-0.2, 0) is 6.42 Å². The molecule has 0 aliphatic heterocycles. The molecule has 0 saturated heterocycles. The molecule has 0 spiro atoms. The van der Waals surface area contributed by atoms with Crippen molar-refractivity contribution in [3.05, 3.63) is 69.5 Å². The first-order valence-corrected chi connectivity index (χ1v) is 8.97. The zero-order valence-electron chi connectivity index (χ0n) is 14.6. The Bertz CT molecular complexity index is 1130. The third-order valence-corrected chi connectivity index (χ3v) is 5.24. The maximum Gasteiger partial charge on any atom is 0.273 e. The highest BCUT2D eigenvalue weighted by atomic mass is 32.1. The van der Waals surface area contributed by atoms with Crippen LogP contribution in [0.15, 0.2) is 42.5 Å². The van der Waals surface area contributed by atoms with E-state index in [1.807, 2.05) is 30.3 Å². The number of hydrogen-bond acceptors (Lipinski definition) is 7. The molecule has 0 unspecified atom stereocenters. The molecule has 0 aliphatic carbocycles. The molecule has 2 aromatic carbocycles. The standard InChI is InChI=1S/C18H15N5O3S/c1-11-14(4-3-5-15(11)23(24)25)17-21-22-16(19-20-18(22)27-17)10-12-6-8-13(26-2)9-7-12/h3-9H,10H2,1-2H3. The number of methoxy groups -OCH3 is 1. The highest BCUT2D eigenvalue weighted by Crippen LogP contribution is 2.32. The van der Waals surface area contributed by atoms with E-state index in [4.69, 9.17) is 4.74 Å². The number of fused-ring (bicyclic) bond motifs is 1. The molecule has 0 fully saturated rings. The lowest BCUT2D eigenvalue weighted by molar-refractivity contribution is -0.385. The van der Waals surface area contributed by atoms with Gasteiger partial charge in [0, 0.05) is 23.6 Å². The van der Waals surface area contributed by atoms with E-state index < -0.39 is 0 Å². The van der Waals surface area contributed by atoms with E-state index in [0.29, 0.717) is 27.8 Å². The summed E-state index contributed by atoms with van der Waals surface area (Å²) in [7, 11) is 1.63. The van der Waals surface area contributed by atoms with Crippen LogP contribution in [0.5, 0.6) is 5.75 Å². The summed E-state index contributed by atoms with van der Waals surface area (Å²) in [6, 6.07) is 12.7. The summed E-state index contributed by atoms with van der Waals surface area (Å²) in [6.45, 7) is 1.73. The van der Waals surface area contributed by atoms with Crippen molar-refractivity contribution >= 4 is 22.0 Å². The largest absolute Gasteiger partial charge is 0.497 e. The molecule has 136 valence electrons. The lowest BCUT2D eigenvalue weighted by Gasteiger charge is -2.03. The van der Waals surface area contributed by atoms with E-state index >= 15 is 0 Å². The fraction of sp³-hybridized carbons (Fsp3) is 0.167. The van der Waals surface area contributed by atoms with E-state index in [1.54, 1.807) is 24.6 Å². The minimum Gasteiger partial charge on any atom is -0.497 e. The Labute approximate surface area is 158 Å². The molecule has 0 saturated carbocycles.